The molecule has 0 fully saturated rings. The zero-order valence-corrected chi connectivity index (χ0v) is 9.59. The summed E-state index contributed by atoms with van der Waals surface area (Å²) >= 11 is 0. The van der Waals surface area contributed by atoms with Crippen molar-refractivity contribution in [1.29, 1.82) is 0 Å². The van der Waals surface area contributed by atoms with Crippen LogP contribution in [-0.4, -0.2) is 13.6 Å². The third-order valence-electron chi connectivity index (χ3n) is 3.28. The van der Waals surface area contributed by atoms with E-state index in [1.165, 1.54) is 35.3 Å². The van der Waals surface area contributed by atoms with Gasteiger partial charge < -0.3 is 4.90 Å². The molecular weight excluding hydrogens is 170 g/mol. The van der Waals surface area contributed by atoms with Crippen LogP contribution in [-0.2, 0) is 0 Å². The standard InChI is InChI=1S/C13H19N/c1-9-7-11(3)13-12(8-9)10(2)5-6-14(13)4/h7-8,10H,5-6H2,1-4H3. The Morgan fingerprint density at radius 3 is 2.71 bits per heavy atom. The molecule has 2 rings (SSSR count). The Bertz CT molecular complexity index is 354. The largest absolute Gasteiger partial charge is 0.374 e. The highest BCUT2D eigenvalue weighted by molar-refractivity contribution is 5.62. The molecule has 0 aliphatic carbocycles. The molecule has 1 aromatic carbocycles. The van der Waals surface area contributed by atoms with Gasteiger partial charge in [0.05, 0.1) is 0 Å². The molecule has 0 saturated carbocycles. The number of anilines is 1. The van der Waals surface area contributed by atoms with Gasteiger partial charge >= 0.3 is 0 Å². The van der Waals surface area contributed by atoms with Crippen molar-refractivity contribution in [2.45, 2.75) is 33.1 Å². The van der Waals surface area contributed by atoms with Crippen LogP contribution >= 0.6 is 0 Å². The Hall–Kier alpha value is -0.980. The van der Waals surface area contributed by atoms with Gasteiger partial charge in [0.25, 0.3) is 0 Å². The van der Waals surface area contributed by atoms with E-state index in [1.807, 2.05) is 0 Å². The third kappa shape index (κ3) is 1.41. The van der Waals surface area contributed by atoms with Gasteiger partial charge in [-0.05, 0) is 37.3 Å². The average Bonchev–Trinajstić information content (AvgIpc) is 2.10. The normalized spacial score (nSPS) is 20.9. The van der Waals surface area contributed by atoms with Crippen LogP contribution in [0.2, 0.25) is 0 Å². The Morgan fingerprint density at radius 1 is 1.29 bits per heavy atom. The lowest BCUT2D eigenvalue weighted by Crippen LogP contribution is -2.27. The molecule has 76 valence electrons. The minimum atomic E-state index is 0.722. The zero-order chi connectivity index (χ0) is 10.3. The van der Waals surface area contributed by atoms with Crippen LogP contribution in [0.4, 0.5) is 5.69 Å². The maximum atomic E-state index is 2.39. The Morgan fingerprint density at radius 2 is 2.00 bits per heavy atom. The summed E-state index contributed by atoms with van der Waals surface area (Å²) in [7, 11) is 2.20. The van der Waals surface area contributed by atoms with Crippen molar-refractivity contribution in [3.63, 3.8) is 0 Å². The molecule has 1 unspecified atom stereocenters. The maximum Gasteiger partial charge on any atom is 0.0428 e. The van der Waals surface area contributed by atoms with Crippen LogP contribution in [0.5, 0.6) is 0 Å². The van der Waals surface area contributed by atoms with E-state index < -0.39 is 0 Å². The highest BCUT2D eigenvalue weighted by Crippen LogP contribution is 2.37. The van der Waals surface area contributed by atoms with E-state index in [2.05, 4.69) is 44.9 Å². The molecule has 1 atom stereocenters. The lowest BCUT2D eigenvalue weighted by atomic mass is 9.88. The summed E-state index contributed by atoms with van der Waals surface area (Å²) in [6, 6.07) is 4.63. The first-order chi connectivity index (χ1) is 6.59. The lowest BCUT2D eigenvalue weighted by Gasteiger charge is -2.33. The van der Waals surface area contributed by atoms with Gasteiger partial charge in [-0.3, -0.25) is 0 Å². The van der Waals surface area contributed by atoms with Crippen LogP contribution in [0.15, 0.2) is 12.1 Å². The second-order valence-corrected chi connectivity index (χ2v) is 4.63. The second-order valence-electron chi connectivity index (χ2n) is 4.63. The van der Waals surface area contributed by atoms with Crippen LogP contribution in [0.1, 0.15) is 36.0 Å². The second kappa shape index (κ2) is 3.30. The van der Waals surface area contributed by atoms with Crippen LogP contribution in [0.25, 0.3) is 0 Å². The number of nitrogens with zero attached hydrogens (tertiary/aromatic N) is 1. The van der Waals surface area contributed by atoms with Crippen molar-refractivity contribution in [3.8, 4) is 0 Å². The number of aryl methyl sites for hydroxylation is 2. The third-order valence-corrected chi connectivity index (χ3v) is 3.28. The molecule has 0 N–H and O–H groups in total. The van der Waals surface area contributed by atoms with Crippen LogP contribution < -0.4 is 4.90 Å². The van der Waals surface area contributed by atoms with Gasteiger partial charge in [0.15, 0.2) is 0 Å². The molecule has 1 aliphatic rings. The highest BCUT2D eigenvalue weighted by Gasteiger charge is 2.21. The van der Waals surface area contributed by atoms with Crippen molar-refractivity contribution < 1.29 is 0 Å². The average molecular weight is 189 g/mol. The molecule has 1 heteroatoms. The topological polar surface area (TPSA) is 3.24 Å². The van der Waals surface area contributed by atoms with E-state index in [1.54, 1.807) is 0 Å². The Kier molecular flexibility index (Phi) is 2.26. The van der Waals surface area contributed by atoms with Crippen molar-refractivity contribution in [2.75, 3.05) is 18.5 Å². The molecule has 0 radical (unpaired) electrons. The molecule has 0 spiro atoms. The van der Waals surface area contributed by atoms with Crippen molar-refractivity contribution in [1.82, 2.24) is 0 Å². The first-order valence-electron chi connectivity index (χ1n) is 5.42. The summed E-state index contributed by atoms with van der Waals surface area (Å²) in [5.41, 5.74) is 5.82. The monoisotopic (exact) mass is 189 g/mol. The molecule has 0 saturated heterocycles. The highest BCUT2D eigenvalue weighted by atomic mass is 15.1. The lowest BCUT2D eigenvalue weighted by molar-refractivity contribution is 0.635. The van der Waals surface area contributed by atoms with Gasteiger partial charge in [0.2, 0.25) is 0 Å². The maximum absolute atomic E-state index is 2.39. The fourth-order valence-corrected chi connectivity index (χ4v) is 2.54. The van der Waals surface area contributed by atoms with E-state index in [-0.39, 0.29) is 0 Å². The van der Waals surface area contributed by atoms with E-state index in [0.29, 0.717) is 0 Å². The number of benzene rings is 1. The number of hydrogen-bond acceptors (Lipinski definition) is 1. The minimum absolute atomic E-state index is 0.722. The summed E-state index contributed by atoms with van der Waals surface area (Å²) in [6.45, 7) is 7.94. The van der Waals surface area contributed by atoms with Crippen LogP contribution in [0.3, 0.4) is 0 Å². The number of hydrogen-bond donors (Lipinski definition) is 0. The molecular formula is C13H19N. The van der Waals surface area contributed by atoms with Gasteiger partial charge in [-0.25, -0.2) is 0 Å². The summed E-state index contributed by atoms with van der Waals surface area (Å²) in [6.07, 6.45) is 1.28. The van der Waals surface area contributed by atoms with Gasteiger partial charge in [-0.15, -0.1) is 0 Å². The summed E-state index contributed by atoms with van der Waals surface area (Å²) < 4.78 is 0. The minimum Gasteiger partial charge on any atom is -0.374 e. The molecule has 1 heterocycles. The molecule has 0 amide bonds. The molecule has 0 bridgehead atoms. The number of rotatable bonds is 0. The summed E-state index contributed by atoms with van der Waals surface area (Å²) in [5.74, 6) is 0.722. The van der Waals surface area contributed by atoms with Crippen LogP contribution in [0, 0.1) is 13.8 Å². The number of fused-ring (bicyclic) bond motifs is 1. The quantitative estimate of drug-likeness (QED) is 0.605. The zero-order valence-electron chi connectivity index (χ0n) is 9.59. The first-order valence-corrected chi connectivity index (χ1v) is 5.42. The fraction of sp³-hybridized carbons (Fsp3) is 0.538. The SMILES string of the molecule is Cc1cc(C)c2c(c1)C(C)CCN2C. The molecule has 14 heavy (non-hydrogen) atoms. The fourth-order valence-electron chi connectivity index (χ4n) is 2.54. The molecule has 1 aromatic rings. The van der Waals surface area contributed by atoms with Crippen molar-refractivity contribution in [2.24, 2.45) is 0 Å². The van der Waals surface area contributed by atoms with Crippen molar-refractivity contribution in [3.05, 3.63) is 28.8 Å². The van der Waals surface area contributed by atoms with E-state index in [4.69, 9.17) is 0 Å². The predicted octanol–water partition coefficient (Wildman–Crippen LogP) is 3.25. The van der Waals surface area contributed by atoms with Gasteiger partial charge in [0.1, 0.15) is 0 Å². The van der Waals surface area contributed by atoms with E-state index >= 15 is 0 Å². The van der Waals surface area contributed by atoms with Gasteiger partial charge in [0, 0.05) is 19.3 Å². The first kappa shape index (κ1) is 9.57. The molecule has 1 nitrogen and oxygen atoms in total. The smallest absolute Gasteiger partial charge is 0.0428 e. The molecule has 0 aromatic heterocycles. The van der Waals surface area contributed by atoms with E-state index in [0.717, 1.165) is 5.92 Å². The molecule has 1 aliphatic heterocycles. The van der Waals surface area contributed by atoms with E-state index in [9.17, 15) is 0 Å². The Labute approximate surface area is 86.7 Å². The van der Waals surface area contributed by atoms with Crippen molar-refractivity contribution >= 4 is 5.69 Å². The Balaban J connectivity index is 2.60. The summed E-state index contributed by atoms with van der Waals surface area (Å²) in [5, 5.41) is 0. The van der Waals surface area contributed by atoms with Gasteiger partial charge in [-0.2, -0.15) is 0 Å². The summed E-state index contributed by atoms with van der Waals surface area (Å²) in [4.78, 5) is 2.39. The van der Waals surface area contributed by atoms with Gasteiger partial charge in [-0.1, -0.05) is 24.6 Å². The predicted molar refractivity (Wildman–Crippen MR) is 62.2 cm³/mol.